The average Bonchev–Trinajstić information content (AvgIpc) is 3.21. The molecule has 0 saturated heterocycles. The summed E-state index contributed by atoms with van der Waals surface area (Å²) in [5, 5.41) is 7.18. The van der Waals surface area contributed by atoms with Crippen LogP contribution in [0.15, 0.2) is 140 Å². The molecule has 0 unspecified atom stereocenters. The maximum atomic E-state index is 5.59. The second-order valence-electron chi connectivity index (χ2n) is 14.5. The van der Waals surface area contributed by atoms with E-state index in [1.807, 2.05) is 48.5 Å². The SMILES string of the molecule is COc1ccc(N(c2ccc(OC)cc2)c2cc(N(c3ccc(OC)cc3)c3ccc(OC)cc3)c3ccc4cc(C(C)(C)C)cc5ccc2c3c54)cc1. The van der Waals surface area contributed by atoms with E-state index >= 15 is 0 Å². The average molecular weight is 713 g/mol. The predicted molar refractivity (Wildman–Crippen MR) is 224 cm³/mol. The summed E-state index contributed by atoms with van der Waals surface area (Å²) in [6.45, 7) is 6.83. The summed E-state index contributed by atoms with van der Waals surface area (Å²) in [4.78, 5) is 4.66. The molecular weight excluding hydrogens is 669 g/mol. The molecular formula is C48H44N2O4. The van der Waals surface area contributed by atoms with E-state index in [2.05, 4.69) is 122 Å². The van der Waals surface area contributed by atoms with Crippen molar-refractivity contribution in [2.45, 2.75) is 26.2 Å². The van der Waals surface area contributed by atoms with Crippen molar-refractivity contribution in [1.29, 1.82) is 0 Å². The van der Waals surface area contributed by atoms with Gasteiger partial charge in [0.25, 0.3) is 0 Å². The lowest BCUT2D eigenvalue weighted by atomic mass is 9.83. The molecule has 0 radical (unpaired) electrons. The molecule has 0 aliphatic carbocycles. The zero-order valence-electron chi connectivity index (χ0n) is 31.8. The van der Waals surface area contributed by atoms with Gasteiger partial charge in [0, 0.05) is 38.9 Å². The van der Waals surface area contributed by atoms with Gasteiger partial charge in [-0.25, -0.2) is 0 Å². The Morgan fingerprint density at radius 2 is 0.685 bits per heavy atom. The van der Waals surface area contributed by atoms with Gasteiger partial charge in [-0.3, -0.25) is 0 Å². The first-order valence-corrected chi connectivity index (χ1v) is 18.1. The Morgan fingerprint density at radius 1 is 0.370 bits per heavy atom. The standard InChI is InChI=1S/C48H44N2O4/c1-48(2,3)33-28-31-8-26-42-44(49(34-10-18-38(51-4)19-11-34)35-12-20-39(52-5)21-13-35)30-45(43-27-9-32(29-33)46(31)47(42)43)50(36-14-22-40(53-6)23-15-36)37-16-24-41(54-7)25-17-37/h8-30H,1-7H3. The molecule has 8 aromatic carbocycles. The summed E-state index contributed by atoms with van der Waals surface area (Å²) in [7, 11) is 6.78. The third-order valence-electron chi connectivity index (χ3n) is 10.3. The molecule has 0 fully saturated rings. The molecule has 6 nitrogen and oxygen atoms in total. The van der Waals surface area contributed by atoms with Gasteiger partial charge < -0.3 is 28.7 Å². The van der Waals surface area contributed by atoms with E-state index in [0.717, 1.165) is 67.9 Å². The normalized spacial score (nSPS) is 11.6. The number of anilines is 6. The van der Waals surface area contributed by atoms with Crippen molar-refractivity contribution < 1.29 is 18.9 Å². The molecule has 0 spiro atoms. The van der Waals surface area contributed by atoms with Crippen LogP contribution in [-0.2, 0) is 5.41 Å². The van der Waals surface area contributed by atoms with Crippen LogP contribution >= 0.6 is 0 Å². The molecule has 54 heavy (non-hydrogen) atoms. The first-order chi connectivity index (χ1) is 26.2. The fourth-order valence-corrected chi connectivity index (χ4v) is 7.46. The third-order valence-corrected chi connectivity index (χ3v) is 10.3. The topological polar surface area (TPSA) is 43.4 Å². The van der Waals surface area contributed by atoms with Crippen molar-refractivity contribution in [2.24, 2.45) is 0 Å². The second kappa shape index (κ2) is 13.9. The molecule has 0 saturated carbocycles. The molecule has 0 aliphatic rings. The van der Waals surface area contributed by atoms with E-state index in [9.17, 15) is 0 Å². The van der Waals surface area contributed by atoms with Gasteiger partial charge >= 0.3 is 0 Å². The molecule has 0 heterocycles. The Bertz CT molecular complexity index is 2290. The number of hydrogen-bond donors (Lipinski definition) is 0. The Hall–Kier alpha value is -6.40. The van der Waals surface area contributed by atoms with Crippen LogP contribution < -0.4 is 28.7 Å². The summed E-state index contributed by atoms with van der Waals surface area (Å²) in [6.07, 6.45) is 0. The van der Waals surface area contributed by atoms with Crippen LogP contribution in [0.3, 0.4) is 0 Å². The molecule has 0 bridgehead atoms. The lowest BCUT2D eigenvalue weighted by molar-refractivity contribution is 0.414. The Morgan fingerprint density at radius 3 is 0.963 bits per heavy atom. The van der Waals surface area contributed by atoms with Gasteiger partial charge in [-0.1, -0.05) is 57.2 Å². The second-order valence-corrected chi connectivity index (χ2v) is 14.5. The minimum atomic E-state index is -0.000163. The van der Waals surface area contributed by atoms with Gasteiger partial charge in [-0.2, -0.15) is 0 Å². The van der Waals surface area contributed by atoms with E-state index < -0.39 is 0 Å². The van der Waals surface area contributed by atoms with Gasteiger partial charge in [0.15, 0.2) is 0 Å². The third kappa shape index (κ3) is 6.13. The van der Waals surface area contributed by atoms with Crippen LogP contribution in [0.1, 0.15) is 26.3 Å². The van der Waals surface area contributed by atoms with Crippen molar-refractivity contribution in [2.75, 3.05) is 38.2 Å². The number of benzene rings is 8. The minimum Gasteiger partial charge on any atom is -0.497 e. The van der Waals surface area contributed by atoms with Crippen LogP contribution in [0.4, 0.5) is 34.1 Å². The maximum absolute atomic E-state index is 5.59. The summed E-state index contributed by atoms with van der Waals surface area (Å²) in [5.41, 5.74) is 7.37. The number of ether oxygens (including phenoxy) is 4. The molecule has 0 N–H and O–H groups in total. The highest BCUT2D eigenvalue weighted by Crippen LogP contribution is 2.51. The molecule has 6 heteroatoms. The maximum Gasteiger partial charge on any atom is 0.119 e. The van der Waals surface area contributed by atoms with Crippen molar-refractivity contribution in [3.05, 3.63) is 145 Å². The fraction of sp³-hybridized carbons (Fsp3) is 0.167. The lowest BCUT2D eigenvalue weighted by Crippen LogP contribution is -2.15. The van der Waals surface area contributed by atoms with Crippen molar-refractivity contribution in [3.8, 4) is 23.0 Å². The number of nitrogens with zero attached hydrogens (tertiary/aromatic N) is 2. The van der Waals surface area contributed by atoms with Crippen molar-refractivity contribution in [1.82, 2.24) is 0 Å². The Labute approximate surface area is 317 Å². The van der Waals surface area contributed by atoms with Gasteiger partial charge in [0.05, 0.1) is 39.8 Å². The Kier molecular flexibility index (Phi) is 8.90. The summed E-state index contributed by atoms with van der Waals surface area (Å²) >= 11 is 0. The monoisotopic (exact) mass is 712 g/mol. The molecule has 8 rings (SSSR count). The largest absolute Gasteiger partial charge is 0.497 e. The van der Waals surface area contributed by atoms with Crippen LogP contribution in [0.5, 0.6) is 23.0 Å². The number of methoxy groups -OCH3 is 4. The summed E-state index contributed by atoms with van der Waals surface area (Å²) in [5.74, 6) is 3.18. The highest BCUT2D eigenvalue weighted by atomic mass is 16.5. The van der Waals surface area contributed by atoms with Crippen molar-refractivity contribution >= 4 is 66.4 Å². The Balaban J connectivity index is 1.50. The molecule has 270 valence electrons. The smallest absolute Gasteiger partial charge is 0.119 e. The van der Waals surface area contributed by atoms with Crippen LogP contribution in [-0.4, -0.2) is 28.4 Å². The zero-order chi connectivity index (χ0) is 37.6. The number of hydrogen-bond acceptors (Lipinski definition) is 6. The minimum absolute atomic E-state index is 0.000163. The van der Waals surface area contributed by atoms with E-state index in [1.54, 1.807) is 28.4 Å². The fourth-order valence-electron chi connectivity index (χ4n) is 7.46. The molecule has 0 atom stereocenters. The van der Waals surface area contributed by atoms with Crippen LogP contribution in [0, 0.1) is 0 Å². The quantitative estimate of drug-likeness (QED) is 0.132. The molecule has 0 aromatic heterocycles. The van der Waals surface area contributed by atoms with Crippen molar-refractivity contribution in [3.63, 3.8) is 0 Å². The van der Waals surface area contributed by atoms with E-state index in [0.29, 0.717) is 0 Å². The molecule has 0 amide bonds. The van der Waals surface area contributed by atoms with Gasteiger partial charge in [-0.15, -0.1) is 0 Å². The number of rotatable bonds is 10. The van der Waals surface area contributed by atoms with E-state index in [-0.39, 0.29) is 5.41 Å². The lowest BCUT2D eigenvalue weighted by Gasteiger charge is -2.32. The molecule has 8 aromatic rings. The summed E-state index contributed by atoms with van der Waals surface area (Å²) in [6, 6.07) is 49.2. The first kappa shape index (κ1) is 34.7. The van der Waals surface area contributed by atoms with Gasteiger partial charge in [-0.05, 0) is 130 Å². The first-order valence-electron chi connectivity index (χ1n) is 18.1. The zero-order valence-corrected chi connectivity index (χ0v) is 31.8. The predicted octanol–water partition coefficient (Wildman–Crippen LogP) is 12.9. The van der Waals surface area contributed by atoms with Gasteiger partial charge in [0.1, 0.15) is 23.0 Å². The van der Waals surface area contributed by atoms with E-state index in [1.165, 1.54) is 27.1 Å². The van der Waals surface area contributed by atoms with Crippen LogP contribution in [0.25, 0.3) is 32.3 Å². The van der Waals surface area contributed by atoms with Crippen LogP contribution in [0.2, 0.25) is 0 Å². The highest BCUT2D eigenvalue weighted by molar-refractivity contribution is 6.29. The van der Waals surface area contributed by atoms with Gasteiger partial charge in [0.2, 0.25) is 0 Å². The summed E-state index contributed by atoms with van der Waals surface area (Å²) < 4.78 is 22.4. The highest BCUT2D eigenvalue weighted by Gasteiger charge is 2.26. The molecule has 0 aliphatic heterocycles. The van der Waals surface area contributed by atoms with E-state index in [4.69, 9.17) is 18.9 Å².